The standard InChI is InChI=1S/C20H26N2O4S/c1-27(24,25)19-13-11-18(12-14-19)26-17-9-7-16(8-10-17)22-20(23)6-4-2-3-5-15-21/h7-14H,2-6,15,21H2,1H3,(H,22,23). The van der Waals surface area contributed by atoms with Crippen LogP contribution in [0.2, 0.25) is 0 Å². The predicted octanol–water partition coefficient (Wildman–Crippen LogP) is 3.73. The summed E-state index contributed by atoms with van der Waals surface area (Å²) in [6.45, 7) is 0.697. The fraction of sp³-hybridized carbons (Fsp3) is 0.350. The Morgan fingerprint density at radius 1 is 0.926 bits per heavy atom. The highest BCUT2D eigenvalue weighted by molar-refractivity contribution is 7.90. The van der Waals surface area contributed by atoms with Crippen LogP contribution < -0.4 is 15.8 Å². The van der Waals surface area contributed by atoms with Gasteiger partial charge in [-0.1, -0.05) is 12.8 Å². The van der Waals surface area contributed by atoms with Crippen molar-refractivity contribution in [2.24, 2.45) is 5.73 Å². The van der Waals surface area contributed by atoms with Crippen LogP contribution in [0.5, 0.6) is 11.5 Å². The first-order valence-electron chi connectivity index (χ1n) is 8.96. The molecule has 0 saturated heterocycles. The van der Waals surface area contributed by atoms with Crippen molar-refractivity contribution in [3.63, 3.8) is 0 Å². The van der Waals surface area contributed by atoms with Gasteiger partial charge in [-0.25, -0.2) is 8.42 Å². The monoisotopic (exact) mass is 390 g/mol. The second-order valence-electron chi connectivity index (χ2n) is 6.37. The molecule has 0 aliphatic rings. The highest BCUT2D eigenvalue weighted by Gasteiger charge is 2.07. The van der Waals surface area contributed by atoms with Gasteiger partial charge in [0.15, 0.2) is 9.84 Å². The highest BCUT2D eigenvalue weighted by Crippen LogP contribution is 2.24. The van der Waals surface area contributed by atoms with Gasteiger partial charge in [-0.05, 0) is 67.9 Å². The first-order valence-corrected chi connectivity index (χ1v) is 10.9. The van der Waals surface area contributed by atoms with E-state index in [-0.39, 0.29) is 10.8 Å². The van der Waals surface area contributed by atoms with Crippen LogP contribution in [0.3, 0.4) is 0 Å². The lowest BCUT2D eigenvalue weighted by molar-refractivity contribution is -0.116. The van der Waals surface area contributed by atoms with E-state index in [0.717, 1.165) is 31.9 Å². The lowest BCUT2D eigenvalue weighted by atomic mass is 10.1. The summed E-state index contributed by atoms with van der Waals surface area (Å²) in [7, 11) is -3.22. The van der Waals surface area contributed by atoms with Gasteiger partial charge in [0.25, 0.3) is 0 Å². The summed E-state index contributed by atoms with van der Waals surface area (Å²) in [5, 5.41) is 2.86. The molecule has 27 heavy (non-hydrogen) atoms. The van der Waals surface area contributed by atoms with Crippen molar-refractivity contribution in [3.05, 3.63) is 48.5 Å². The third-order valence-electron chi connectivity index (χ3n) is 3.98. The molecule has 0 unspecified atom stereocenters. The molecule has 146 valence electrons. The fourth-order valence-corrected chi connectivity index (χ4v) is 3.13. The number of nitrogens with two attached hydrogens (primary N) is 1. The molecule has 3 N–H and O–H groups in total. The molecule has 0 saturated carbocycles. The van der Waals surface area contributed by atoms with E-state index in [4.69, 9.17) is 10.5 Å². The van der Waals surface area contributed by atoms with Crippen LogP contribution in [0, 0.1) is 0 Å². The molecular formula is C20H26N2O4S. The van der Waals surface area contributed by atoms with Gasteiger partial charge in [-0.3, -0.25) is 4.79 Å². The van der Waals surface area contributed by atoms with Crippen LogP contribution in [0.1, 0.15) is 32.1 Å². The Bertz CT molecular complexity index is 831. The summed E-state index contributed by atoms with van der Waals surface area (Å²) >= 11 is 0. The van der Waals surface area contributed by atoms with Gasteiger partial charge >= 0.3 is 0 Å². The molecule has 0 aromatic heterocycles. The van der Waals surface area contributed by atoms with Gasteiger partial charge in [0.1, 0.15) is 11.5 Å². The third-order valence-corrected chi connectivity index (χ3v) is 5.11. The summed E-state index contributed by atoms with van der Waals surface area (Å²) in [6.07, 6.45) is 5.58. The topological polar surface area (TPSA) is 98.5 Å². The van der Waals surface area contributed by atoms with E-state index in [1.54, 1.807) is 36.4 Å². The molecular weight excluding hydrogens is 364 g/mol. The van der Waals surface area contributed by atoms with Crippen LogP contribution in [0.25, 0.3) is 0 Å². The Morgan fingerprint density at radius 3 is 2.04 bits per heavy atom. The van der Waals surface area contributed by atoms with Gasteiger partial charge < -0.3 is 15.8 Å². The molecule has 0 atom stereocenters. The van der Waals surface area contributed by atoms with Crippen LogP contribution in [0.4, 0.5) is 5.69 Å². The zero-order chi connectivity index (χ0) is 19.7. The number of carbonyl (C=O) groups is 1. The summed E-state index contributed by atoms with van der Waals surface area (Å²) in [4.78, 5) is 12.2. The minimum atomic E-state index is -3.22. The molecule has 0 bridgehead atoms. The number of anilines is 1. The second-order valence-corrected chi connectivity index (χ2v) is 8.39. The van der Waals surface area contributed by atoms with E-state index in [1.807, 2.05) is 0 Å². The average Bonchev–Trinajstić information content (AvgIpc) is 2.63. The number of hydrogen-bond donors (Lipinski definition) is 2. The summed E-state index contributed by atoms with van der Waals surface area (Å²) in [5.41, 5.74) is 6.15. The Kier molecular flexibility index (Phi) is 7.82. The highest BCUT2D eigenvalue weighted by atomic mass is 32.2. The number of carbonyl (C=O) groups excluding carboxylic acids is 1. The van der Waals surface area contributed by atoms with E-state index in [2.05, 4.69) is 5.32 Å². The molecule has 2 aromatic carbocycles. The van der Waals surface area contributed by atoms with E-state index in [0.29, 0.717) is 30.2 Å². The number of unbranched alkanes of at least 4 members (excludes halogenated alkanes) is 3. The van der Waals surface area contributed by atoms with Gasteiger partial charge in [-0.15, -0.1) is 0 Å². The predicted molar refractivity (Wildman–Crippen MR) is 107 cm³/mol. The number of nitrogens with one attached hydrogen (secondary N) is 1. The second kappa shape index (κ2) is 10.1. The van der Waals surface area contributed by atoms with Crippen molar-refractivity contribution in [2.75, 3.05) is 18.1 Å². The van der Waals surface area contributed by atoms with Crippen molar-refractivity contribution in [1.29, 1.82) is 0 Å². The summed E-state index contributed by atoms with van der Waals surface area (Å²) < 4.78 is 28.6. The zero-order valence-electron chi connectivity index (χ0n) is 15.5. The maximum Gasteiger partial charge on any atom is 0.224 e. The molecule has 0 heterocycles. The minimum absolute atomic E-state index is 0.00668. The lowest BCUT2D eigenvalue weighted by Crippen LogP contribution is -2.11. The van der Waals surface area contributed by atoms with Crippen molar-refractivity contribution < 1.29 is 17.9 Å². The summed E-state index contributed by atoms with van der Waals surface area (Å²) in [5.74, 6) is 1.13. The molecule has 0 aliphatic heterocycles. The SMILES string of the molecule is CS(=O)(=O)c1ccc(Oc2ccc(NC(=O)CCCCCCN)cc2)cc1. The normalized spacial score (nSPS) is 11.2. The van der Waals surface area contributed by atoms with Crippen LogP contribution in [0.15, 0.2) is 53.4 Å². The molecule has 7 heteroatoms. The fourth-order valence-electron chi connectivity index (χ4n) is 2.50. The van der Waals surface area contributed by atoms with E-state index < -0.39 is 9.84 Å². The van der Waals surface area contributed by atoms with Crippen molar-refractivity contribution in [1.82, 2.24) is 0 Å². The molecule has 2 aromatic rings. The zero-order valence-corrected chi connectivity index (χ0v) is 16.3. The lowest BCUT2D eigenvalue weighted by Gasteiger charge is -2.09. The quantitative estimate of drug-likeness (QED) is 0.602. The molecule has 0 aliphatic carbocycles. The smallest absolute Gasteiger partial charge is 0.224 e. The minimum Gasteiger partial charge on any atom is -0.457 e. The number of ether oxygens (including phenoxy) is 1. The average molecular weight is 391 g/mol. The van der Waals surface area contributed by atoms with Gasteiger partial charge in [0, 0.05) is 18.4 Å². The van der Waals surface area contributed by atoms with Crippen LogP contribution in [-0.2, 0) is 14.6 Å². The number of sulfone groups is 1. The number of rotatable bonds is 10. The van der Waals surface area contributed by atoms with Crippen molar-refractivity contribution in [2.45, 2.75) is 37.0 Å². The van der Waals surface area contributed by atoms with E-state index in [1.165, 1.54) is 12.1 Å². The molecule has 0 spiro atoms. The van der Waals surface area contributed by atoms with Crippen molar-refractivity contribution >= 4 is 21.4 Å². The van der Waals surface area contributed by atoms with E-state index in [9.17, 15) is 13.2 Å². The maximum absolute atomic E-state index is 11.9. The summed E-state index contributed by atoms with van der Waals surface area (Å²) in [6, 6.07) is 13.3. The van der Waals surface area contributed by atoms with Crippen molar-refractivity contribution in [3.8, 4) is 11.5 Å². The largest absolute Gasteiger partial charge is 0.457 e. The number of benzene rings is 2. The number of hydrogen-bond acceptors (Lipinski definition) is 5. The first-order chi connectivity index (χ1) is 12.9. The molecule has 6 nitrogen and oxygen atoms in total. The van der Waals surface area contributed by atoms with Gasteiger partial charge in [0.05, 0.1) is 4.90 Å². The van der Waals surface area contributed by atoms with Crippen LogP contribution >= 0.6 is 0 Å². The third kappa shape index (κ3) is 7.40. The number of amides is 1. The Labute approximate surface area is 160 Å². The first kappa shape index (κ1) is 20.9. The van der Waals surface area contributed by atoms with Crippen LogP contribution in [-0.4, -0.2) is 27.1 Å². The Balaban J connectivity index is 1.83. The van der Waals surface area contributed by atoms with E-state index >= 15 is 0 Å². The Hall–Kier alpha value is -2.38. The molecule has 2 rings (SSSR count). The maximum atomic E-state index is 11.9. The molecule has 0 fully saturated rings. The molecule has 0 radical (unpaired) electrons. The van der Waals surface area contributed by atoms with Gasteiger partial charge in [0.2, 0.25) is 5.91 Å². The molecule has 1 amide bonds. The Morgan fingerprint density at radius 2 is 1.48 bits per heavy atom. The van der Waals surface area contributed by atoms with Gasteiger partial charge in [-0.2, -0.15) is 0 Å².